The second-order valence-electron chi connectivity index (χ2n) is 5.78. The van der Waals surface area contributed by atoms with Crippen molar-refractivity contribution >= 4 is 34.2 Å². The molecular formula is C17H30Cl2O2. The van der Waals surface area contributed by atoms with Crippen molar-refractivity contribution in [1.29, 1.82) is 0 Å². The Hall–Kier alpha value is -0.0800. The number of carbonyl (C=O) groups excluding carboxylic acids is 2. The van der Waals surface area contributed by atoms with E-state index in [0.29, 0.717) is 6.42 Å². The van der Waals surface area contributed by atoms with Crippen LogP contribution in [0, 0.1) is 5.92 Å². The summed E-state index contributed by atoms with van der Waals surface area (Å²) in [6.45, 7) is 4.22. The molecule has 0 aliphatic carbocycles. The van der Waals surface area contributed by atoms with E-state index in [1.54, 1.807) is 0 Å². The van der Waals surface area contributed by atoms with E-state index in [9.17, 15) is 9.59 Å². The van der Waals surface area contributed by atoms with E-state index in [-0.39, 0.29) is 22.3 Å². The highest BCUT2D eigenvalue weighted by Gasteiger charge is 2.23. The number of Topliss-reactive ketones (excluding diaryl/α,β-unsaturated/α-hetero) is 1. The summed E-state index contributed by atoms with van der Waals surface area (Å²) >= 11 is 11.5. The van der Waals surface area contributed by atoms with Gasteiger partial charge >= 0.3 is 0 Å². The summed E-state index contributed by atoms with van der Waals surface area (Å²) in [6, 6.07) is 0. The van der Waals surface area contributed by atoms with Crippen LogP contribution in [0.4, 0.5) is 0 Å². The molecule has 0 spiro atoms. The third-order valence-electron chi connectivity index (χ3n) is 3.94. The van der Waals surface area contributed by atoms with E-state index in [1.807, 2.05) is 0 Å². The summed E-state index contributed by atoms with van der Waals surface area (Å²) in [7, 11) is 0. The third kappa shape index (κ3) is 11.2. The first-order valence-electron chi connectivity index (χ1n) is 8.39. The number of ketones is 1. The Morgan fingerprint density at radius 3 is 2.10 bits per heavy atom. The monoisotopic (exact) mass is 336 g/mol. The molecule has 124 valence electrons. The molecule has 0 fully saturated rings. The van der Waals surface area contributed by atoms with Gasteiger partial charge in [0.25, 0.3) is 0 Å². The smallest absolute Gasteiger partial charge is 0.221 e. The summed E-state index contributed by atoms with van der Waals surface area (Å²) < 4.78 is 0. The van der Waals surface area contributed by atoms with Crippen LogP contribution in [0.25, 0.3) is 0 Å². The van der Waals surface area contributed by atoms with Gasteiger partial charge in [-0.2, -0.15) is 0 Å². The number of halogens is 2. The van der Waals surface area contributed by atoms with Gasteiger partial charge in [-0.3, -0.25) is 9.59 Å². The zero-order chi connectivity index (χ0) is 16.1. The second-order valence-corrected chi connectivity index (χ2v) is 6.73. The summed E-state index contributed by atoms with van der Waals surface area (Å²) in [5.41, 5.74) is 0. The lowest BCUT2D eigenvalue weighted by atomic mass is 9.91. The Labute approximate surface area is 140 Å². The maximum atomic E-state index is 12.2. The lowest BCUT2D eigenvalue weighted by Crippen LogP contribution is -2.24. The van der Waals surface area contributed by atoms with E-state index < -0.39 is 0 Å². The predicted octanol–water partition coefficient (Wildman–Crippen LogP) is 5.88. The first-order chi connectivity index (χ1) is 10.0. The van der Waals surface area contributed by atoms with Crippen LogP contribution in [0.2, 0.25) is 0 Å². The molecule has 2 unspecified atom stereocenters. The van der Waals surface area contributed by atoms with Crippen LogP contribution in [-0.2, 0) is 9.59 Å². The first-order valence-corrected chi connectivity index (χ1v) is 9.20. The van der Waals surface area contributed by atoms with Gasteiger partial charge < -0.3 is 0 Å². The van der Waals surface area contributed by atoms with Crippen molar-refractivity contribution in [3.05, 3.63) is 0 Å². The highest BCUT2D eigenvalue weighted by molar-refractivity contribution is 6.63. The Kier molecular flexibility index (Phi) is 13.5. The molecule has 0 aliphatic heterocycles. The number of rotatable bonds is 14. The minimum Gasteiger partial charge on any atom is -0.298 e. The summed E-state index contributed by atoms with van der Waals surface area (Å²) in [4.78, 5) is 22.8. The first kappa shape index (κ1) is 20.9. The number of hydrogen-bond acceptors (Lipinski definition) is 2. The van der Waals surface area contributed by atoms with Crippen molar-refractivity contribution < 1.29 is 9.59 Å². The van der Waals surface area contributed by atoms with Gasteiger partial charge in [-0.1, -0.05) is 52.4 Å². The number of hydrogen-bond donors (Lipinski definition) is 0. The number of unbranched alkanes of at least 4 members (excludes halogenated alkanes) is 5. The molecule has 0 radical (unpaired) electrons. The molecule has 0 rings (SSSR count). The molecule has 21 heavy (non-hydrogen) atoms. The van der Waals surface area contributed by atoms with Crippen molar-refractivity contribution in [2.24, 2.45) is 5.92 Å². The van der Waals surface area contributed by atoms with Crippen LogP contribution in [0.15, 0.2) is 0 Å². The quantitative estimate of drug-likeness (QED) is 0.225. The lowest BCUT2D eigenvalue weighted by molar-refractivity contribution is -0.123. The van der Waals surface area contributed by atoms with Gasteiger partial charge in [-0.25, -0.2) is 0 Å². The zero-order valence-electron chi connectivity index (χ0n) is 13.5. The Bertz CT molecular complexity index is 293. The molecule has 0 aromatic heterocycles. The minimum absolute atomic E-state index is 0.141. The molecule has 0 N–H and O–H groups in total. The SMILES string of the molecule is CCCCC(CC)C(=O)C(Cl)CCCCCCCC(=O)Cl. The molecule has 2 nitrogen and oxygen atoms in total. The zero-order valence-corrected chi connectivity index (χ0v) is 15.0. The van der Waals surface area contributed by atoms with Crippen LogP contribution in [0.1, 0.15) is 84.5 Å². The molecule has 0 bridgehead atoms. The van der Waals surface area contributed by atoms with E-state index in [2.05, 4.69) is 13.8 Å². The van der Waals surface area contributed by atoms with Crippen LogP contribution in [0.5, 0.6) is 0 Å². The van der Waals surface area contributed by atoms with E-state index in [0.717, 1.165) is 64.2 Å². The molecule has 0 saturated carbocycles. The largest absolute Gasteiger partial charge is 0.298 e. The molecule has 0 aliphatic rings. The maximum Gasteiger partial charge on any atom is 0.221 e. The fraction of sp³-hybridized carbons (Fsp3) is 0.882. The van der Waals surface area contributed by atoms with Crippen molar-refractivity contribution in [2.75, 3.05) is 0 Å². The fourth-order valence-electron chi connectivity index (χ4n) is 2.51. The molecule has 0 aromatic carbocycles. The Morgan fingerprint density at radius 1 is 0.905 bits per heavy atom. The molecule has 0 saturated heterocycles. The van der Waals surface area contributed by atoms with Crippen molar-refractivity contribution in [1.82, 2.24) is 0 Å². The third-order valence-corrected chi connectivity index (χ3v) is 4.56. The fourth-order valence-corrected chi connectivity index (χ4v) is 2.98. The van der Waals surface area contributed by atoms with Crippen LogP contribution in [0.3, 0.4) is 0 Å². The van der Waals surface area contributed by atoms with Gasteiger partial charge in [0.2, 0.25) is 5.24 Å². The molecular weight excluding hydrogens is 307 g/mol. The Balaban J connectivity index is 3.74. The standard InChI is InChI=1S/C17H30Cl2O2/c1-3-5-11-14(4-2)17(21)15(18)12-9-7-6-8-10-13-16(19)20/h14-15H,3-13H2,1-2H3. The highest BCUT2D eigenvalue weighted by Crippen LogP contribution is 2.21. The molecule has 4 heteroatoms. The van der Waals surface area contributed by atoms with Crippen molar-refractivity contribution in [3.63, 3.8) is 0 Å². The summed E-state index contributed by atoms with van der Waals surface area (Å²) in [5, 5.41) is -0.574. The molecule has 0 heterocycles. The van der Waals surface area contributed by atoms with Gasteiger partial charge in [0.05, 0.1) is 5.38 Å². The number of carbonyl (C=O) groups is 2. The van der Waals surface area contributed by atoms with Gasteiger partial charge in [0, 0.05) is 12.3 Å². The Morgan fingerprint density at radius 2 is 1.52 bits per heavy atom. The highest BCUT2D eigenvalue weighted by atomic mass is 35.5. The average molecular weight is 337 g/mol. The lowest BCUT2D eigenvalue weighted by Gasteiger charge is -2.17. The van der Waals surface area contributed by atoms with Crippen LogP contribution >= 0.6 is 23.2 Å². The second kappa shape index (κ2) is 13.6. The van der Waals surface area contributed by atoms with Crippen LogP contribution in [-0.4, -0.2) is 16.4 Å². The average Bonchev–Trinajstić information content (AvgIpc) is 2.46. The van der Waals surface area contributed by atoms with E-state index in [1.165, 1.54) is 0 Å². The molecule has 0 aromatic rings. The van der Waals surface area contributed by atoms with Gasteiger partial charge in [0.15, 0.2) is 5.78 Å². The summed E-state index contributed by atoms with van der Waals surface area (Å²) in [6.07, 6.45) is 10.4. The van der Waals surface area contributed by atoms with Gasteiger partial charge in [-0.15, -0.1) is 11.6 Å². The normalized spacial score (nSPS) is 13.9. The molecule has 0 amide bonds. The van der Waals surface area contributed by atoms with Crippen LogP contribution < -0.4 is 0 Å². The summed E-state index contributed by atoms with van der Waals surface area (Å²) in [5.74, 6) is 0.377. The van der Waals surface area contributed by atoms with E-state index in [4.69, 9.17) is 23.2 Å². The van der Waals surface area contributed by atoms with Crippen molar-refractivity contribution in [3.8, 4) is 0 Å². The van der Waals surface area contributed by atoms with Gasteiger partial charge in [-0.05, 0) is 37.3 Å². The van der Waals surface area contributed by atoms with Gasteiger partial charge in [0.1, 0.15) is 0 Å². The molecule has 2 atom stereocenters. The number of alkyl halides is 1. The topological polar surface area (TPSA) is 34.1 Å². The predicted molar refractivity (Wildman–Crippen MR) is 91.1 cm³/mol. The van der Waals surface area contributed by atoms with E-state index >= 15 is 0 Å². The van der Waals surface area contributed by atoms with Crippen molar-refractivity contribution in [2.45, 2.75) is 89.9 Å². The minimum atomic E-state index is -0.323. The maximum absolute atomic E-state index is 12.2.